The maximum absolute atomic E-state index is 12.1. The molecule has 2 atom stereocenters. The fraction of sp³-hybridized carbons (Fsp3) is 0.429. The van der Waals surface area contributed by atoms with Crippen LogP contribution in [0.15, 0.2) is 18.2 Å². The lowest BCUT2D eigenvalue weighted by Crippen LogP contribution is -2.29. The van der Waals surface area contributed by atoms with Crippen LogP contribution in [0.2, 0.25) is 0 Å². The van der Waals surface area contributed by atoms with E-state index in [1.54, 1.807) is 12.1 Å². The van der Waals surface area contributed by atoms with Crippen molar-refractivity contribution in [3.05, 3.63) is 23.8 Å². The molecule has 4 N–H and O–H groups in total. The van der Waals surface area contributed by atoms with E-state index < -0.39 is 6.10 Å². The number of hydrogen-bond acceptors (Lipinski definition) is 4. The van der Waals surface area contributed by atoms with Gasteiger partial charge in [0.05, 0.1) is 12.5 Å². The summed E-state index contributed by atoms with van der Waals surface area (Å²) < 4.78 is 5.55. The smallest absolute Gasteiger partial charge is 0.253 e. The largest absolute Gasteiger partial charge is 0.364 e. The molecule has 1 saturated heterocycles. The van der Waals surface area contributed by atoms with Crippen LogP contribution in [-0.4, -0.2) is 30.6 Å². The Balaban J connectivity index is 0.00000161. The Morgan fingerprint density at radius 1 is 1.43 bits per heavy atom. The van der Waals surface area contributed by atoms with Crippen molar-refractivity contribution in [3.8, 4) is 0 Å². The van der Waals surface area contributed by atoms with Gasteiger partial charge in [0, 0.05) is 17.9 Å². The number of nitrogens with one attached hydrogen (secondary N) is 2. The van der Waals surface area contributed by atoms with Crippen molar-refractivity contribution >= 4 is 35.6 Å². The molecule has 0 aromatic heterocycles. The predicted molar refractivity (Wildman–Crippen MR) is 81.6 cm³/mol. The highest BCUT2D eigenvalue weighted by Crippen LogP contribution is 2.27. The lowest BCUT2D eigenvalue weighted by atomic mass is 10.1. The van der Waals surface area contributed by atoms with Gasteiger partial charge in [0.1, 0.15) is 6.10 Å². The van der Waals surface area contributed by atoms with Crippen LogP contribution in [0.25, 0.3) is 0 Å². The summed E-state index contributed by atoms with van der Waals surface area (Å²) in [6.07, 6.45) is 1.41. The fourth-order valence-electron chi connectivity index (χ4n) is 2.60. The van der Waals surface area contributed by atoms with Crippen molar-refractivity contribution in [1.29, 1.82) is 0 Å². The molecule has 114 valence electrons. The molecular weight excluding hydrogens is 294 g/mol. The number of carbonyl (C=O) groups excluding carboxylic acids is 2. The topological polar surface area (TPSA) is 93.5 Å². The SMILES string of the molecule is Cl.NC[C@H]1CC[C@@H](C(=O)Nc2ccc3c(c2)CC(=O)N3)O1. The molecule has 2 aliphatic rings. The molecule has 0 unspecified atom stereocenters. The maximum atomic E-state index is 12.1. The second-order valence-electron chi connectivity index (χ2n) is 5.15. The fourth-order valence-corrected chi connectivity index (χ4v) is 2.60. The molecule has 7 heteroatoms. The molecule has 0 bridgehead atoms. The summed E-state index contributed by atoms with van der Waals surface area (Å²) in [6.45, 7) is 0.441. The second-order valence-corrected chi connectivity index (χ2v) is 5.15. The summed E-state index contributed by atoms with van der Waals surface area (Å²) in [4.78, 5) is 23.4. The first-order chi connectivity index (χ1) is 9.65. The van der Waals surface area contributed by atoms with Crippen molar-refractivity contribution in [3.63, 3.8) is 0 Å². The van der Waals surface area contributed by atoms with Gasteiger partial charge >= 0.3 is 0 Å². The van der Waals surface area contributed by atoms with E-state index in [1.165, 1.54) is 0 Å². The zero-order valence-corrected chi connectivity index (χ0v) is 12.2. The molecule has 2 amide bonds. The summed E-state index contributed by atoms with van der Waals surface area (Å²) in [5, 5.41) is 5.59. The molecule has 0 aliphatic carbocycles. The van der Waals surface area contributed by atoms with Gasteiger partial charge in [-0.05, 0) is 36.6 Å². The predicted octanol–water partition coefficient (Wildman–Crippen LogP) is 1.05. The Kier molecular flexibility index (Phi) is 4.82. The van der Waals surface area contributed by atoms with Gasteiger partial charge < -0.3 is 21.1 Å². The van der Waals surface area contributed by atoms with Gasteiger partial charge in [0.25, 0.3) is 5.91 Å². The van der Waals surface area contributed by atoms with Gasteiger partial charge in [-0.1, -0.05) is 0 Å². The molecular formula is C14H18ClN3O3. The van der Waals surface area contributed by atoms with Gasteiger partial charge in [0.2, 0.25) is 5.91 Å². The summed E-state index contributed by atoms with van der Waals surface area (Å²) in [5.41, 5.74) is 7.93. The number of benzene rings is 1. The summed E-state index contributed by atoms with van der Waals surface area (Å²) in [6, 6.07) is 5.40. The number of amides is 2. The normalized spacial score (nSPS) is 23.2. The number of carbonyl (C=O) groups is 2. The van der Waals surface area contributed by atoms with Gasteiger partial charge in [-0.3, -0.25) is 9.59 Å². The molecule has 2 heterocycles. The van der Waals surface area contributed by atoms with Crippen LogP contribution >= 0.6 is 12.4 Å². The van der Waals surface area contributed by atoms with Gasteiger partial charge in [-0.2, -0.15) is 0 Å². The van der Waals surface area contributed by atoms with Crippen LogP contribution in [-0.2, 0) is 20.7 Å². The Morgan fingerprint density at radius 3 is 2.95 bits per heavy atom. The third-order valence-corrected chi connectivity index (χ3v) is 3.66. The molecule has 2 aliphatic heterocycles. The zero-order chi connectivity index (χ0) is 14.1. The molecule has 3 rings (SSSR count). The molecule has 0 radical (unpaired) electrons. The molecule has 0 spiro atoms. The summed E-state index contributed by atoms with van der Waals surface area (Å²) >= 11 is 0. The first-order valence-electron chi connectivity index (χ1n) is 6.75. The van der Waals surface area contributed by atoms with Crippen LogP contribution in [0, 0.1) is 0 Å². The number of anilines is 2. The zero-order valence-electron chi connectivity index (χ0n) is 11.4. The van der Waals surface area contributed by atoms with Crippen molar-refractivity contribution in [2.45, 2.75) is 31.5 Å². The lowest BCUT2D eigenvalue weighted by Gasteiger charge is -2.13. The van der Waals surface area contributed by atoms with Crippen LogP contribution in [0.1, 0.15) is 18.4 Å². The number of ether oxygens (including phenoxy) is 1. The Morgan fingerprint density at radius 2 is 2.24 bits per heavy atom. The van der Waals surface area contributed by atoms with Crippen LogP contribution in [0.3, 0.4) is 0 Å². The van der Waals surface area contributed by atoms with E-state index in [2.05, 4.69) is 10.6 Å². The number of fused-ring (bicyclic) bond motifs is 1. The minimum absolute atomic E-state index is 0. The van der Waals surface area contributed by atoms with Crippen molar-refractivity contribution in [2.24, 2.45) is 5.73 Å². The molecule has 1 aromatic rings. The maximum Gasteiger partial charge on any atom is 0.253 e. The highest BCUT2D eigenvalue weighted by atomic mass is 35.5. The summed E-state index contributed by atoms with van der Waals surface area (Å²) in [7, 11) is 0. The van der Waals surface area contributed by atoms with Gasteiger partial charge in [-0.15, -0.1) is 12.4 Å². The first-order valence-corrected chi connectivity index (χ1v) is 6.75. The van der Waals surface area contributed by atoms with E-state index >= 15 is 0 Å². The second kappa shape index (κ2) is 6.43. The third kappa shape index (κ3) is 3.34. The van der Waals surface area contributed by atoms with Crippen LogP contribution in [0.5, 0.6) is 0 Å². The van der Waals surface area contributed by atoms with E-state index in [0.29, 0.717) is 25.1 Å². The molecule has 6 nitrogen and oxygen atoms in total. The number of nitrogens with two attached hydrogens (primary N) is 1. The minimum atomic E-state index is -0.434. The van der Waals surface area contributed by atoms with E-state index in [1.807, 2.05) is 6.07 Å². The summed E-state index contributed by atoms with van der Waals surface area (Å²) in [5.74, 6) is -0.174. The third-order valence-electron chi connectivity index (χ3n) is 3.66. The van der Waals surface area contributed by atoms with E-state index in [4.69, 9.17) is 10.5 Å². The Bertz CT molecular complexity index is 564. The standard InChI is InChI=1S/C14H17N3O3.ClH/c15-7-10-2-4-12(20-10)14(19)16-9-1-3-11-8(5-9)6-13(18)17-11;/h1,3,5,10,12H,2,4,6-7,15H2,(H,16,19)(H,17,18);1H/t10-,12+;/m1./s1. The van der Waals surface area contributed by atoms with Crippen molar-refractivity contribution < 1.29 is 14.3 Å². The first kappa shape index (κ1) is 15.8. The quantitative estimate of drug-likeness (QED) is 0.777. The highest BCUT2D eigenvalue weighted by molar-refractivity contribution is 6.00. The number of rotatable bonds is 3. The molecule has 1 aromatic carbocycles. The molecule has 1 fully saturated rings. The van der Waals surface area contributed by atoms with Crippen molar-refractivity contribution in [1.82, 2.24) is 0 Å². The average molecular weight is 312 g/mol. The van der Waals surface area contributed by atoms with Gasteiger partial charge in [0.15, 0.2) is 0 Å². The van der Waals surface area contributed by atoms with Crippen LogP contribution < -0.4 is 16.4 Å². The van der Waals surface area contributed by atoms with Crippen molar-refractivity contribution in [2.75, 3.05) is 17.2 Å². The molecule has 21 heavy (non-hydrogen) atoms. The Labute approximate surface area is 128 Å². The average Bonchev–Trinajstić information content (AvgIpc) is 3.03. The van der Waals surface area contributed by atoms with Gasteiger partial charge in [-0.25, -0.2) is 0 Å². The lowest BCUT2D eigenvalue weighted by molar-refractivity contribution is -0.126. The van der Waals surface area contributed by atoms with Crippen LogP contribution in [0.4, 0.5) is 11.4 Å². The number of hydrogen-bond donors (Lipinski definition) is 3. The molecule has 0 saturated carbocycles. The van der Waals surface area contributed by atoms with E-state index in [0.717, 1.165) is 17.7 Å². The minimum Gasteiger partial charge on any atom is -0.364 e. The van der Waals surface area contributed by atoms with E-state index in [-0.39, 0.29) is 30.3 Å². The monoisotopic (exact) mass is 311 g/mol. The highest BCUT2D eigenvalue weighted by Gasteiger charge is 2.30. The number of halogens is 1. The Hall–Kier alpha value is -1.63. The van der Waals surface area contributed by atoms with E-state index in [9.17, 15) is 9.59 Å².